The summed E-state index contributed by atoms with van der Waals surface area (Å²) >= 11 is 0. The normalized spacial score (nSPS) is 18.6. The van der Waals surface area contributed by atoms with E-state index in [2.05, 4.69) is 0 Å². The minimum atomic E-state index is -3.96. The summed E-state index contributed by atoms with van der Waals surface area (Å²) in [6.45, 7) is 10.2. The van der Waals surface area contributed by atoms with Gasteiger partial charge in [-0.15, -0.1) is 0 Å². The topological polar surface area (TPSA) is 112 Å². The largest absolute Gasteiger partial charge is 0.243 e. The Hall–Kier alpha value is -3.39. The predicted molar refractivity (Wildman–Crippen MR) is 188 cm³/mol. The lowest BCUT2D eigenvalue weighted by Crippen LogP contribution is -2.31. The maximum atomic E-state index is 14.4. The molecule has 12 heteroatoms. The average Bonchev–Trinajstić information content (AvgIpc) is 3.78. The van der Waals surface area contributed by atoms with Crippen LogP contribution in [0.1, 0.15) is 76.4 Å². The first-order valence-electron chi connectivity index (χ1n) is 16.5. The van der Waals surface area contributed by atoms with Gasteiger partial charge in [-0.25, -0.2) is 25.3 Å². The molecular formula is C37H41N3O6S3. The first-order valence-corrected chi connectivity index (χ1v) is 20.8. The molecule has 0 N–H and O–H groups in total. The average molecular weight is 720 g/mol. The van der Waals surface area contributed by atoms with Crippen LogP contribution in [-0.2, 0) is 62.8 Å². The van der Waals surface area contributed by atoms with Crippen molar-refractivity contribution in [2.24, 2.45) is 5.92 Å². The summed E-state index contributed by atoms with van der Waals surface area (Å²) in [5.41, 5.74) is 7.61. The molecule has 3 aliphatic heterocycles. The number of hydrogen-bond donors (Lipinski definition) is 0. The van der Waals surface area contributed by atoms with E-state index >= 15 is 0 Å². The molecule has 0 aromatic heterocycles. The van der Waals surface area contributed by atoms with Gasteiger partial charge in [0.25, 0.3) is 0 Å². The fraction of sp³-hybridized carbons (Fsp3) is 0.351. The highest BCUT2D eigenvalue weighted by atomic mass is 32.2. The molecule has 4 aromatic carbocycles. The number of nitrogens with zero attached hydrogens (tertiary/aromatic N) is 3. The molecule has 0 aliphatic carbocycles. The highest BCUT2D eigenvalue weighted by molar-refractivity contribution is 7.89. The molecule has 0 bridgehead atoms. The number of fused-ring (bicyclic) bond motifs is 6. The van der Waals surface area contributed by atoms with Gasteiger partial charge in [-0.3, -0.25) is 0 Å². The SMILES string of the molecule is Cc1ccc(S(=O)(=O)N2Cc3c4c(c5c(c3C2)CN(S(=O)(=O)c2ccc(C)cc2)C5CC(C)C)CN(S(=O)(=O)c2ccc(C)cc2)C4)cc1. The Labute approximate surface area is 290 Å². The minimum Gasteiger partial charge on any atom is -0.207 e. The molecule has 1 unspecified atom stereocenters. The van der Waals surface area contributed by atoms with E-state index in [1.54, 1.807) is 77.1 Å². The Kier molecular flexibility index (Phi) is 8.44. The summed E-state index contributed by atoms with van der Waals surface area (Å²) in [5, 5.41) is 0. The first kappa shape index (κ1) is 34.1. The van der Waals surface area contributed by atoms with Crippen molar-refractivity contribution in [2.75, 3.05) is 0 Å². The molecule has 7 rings (SSSR count). The molecule has 49 heavy (non-hydrogen) atoms. The summed E-state index contributed by atoms with van der Waals surface area (Å²) in [7, 11) is -11.8. The van der Waals surface area contributed by atoms with Gasteiger partial charge in [0, 0.05) is 32.7 Å². The molecule has 4 aromatic rings. The molecule has 0 saturated carbocycles. The van der Waals surface area contributed by atoms with E-state index in [4.69, 9.17) is 0 Å². The van der Waals surface area contributed by atoms with Crippen molar-refractivity contribution in [2.45, 2.75) is 94.5 Å². The second kappa shape index (κ2) is 12.1. The molecule has 0 fully saturated rings. The van der Waals surface area contributed by atoms with Crippen LogP contribution in [0.4, 0.5) is 0 Å². The summed E-state index contributed by atoms with van der Waals surface area (Å²) in [4.78, 5) is 0.564. The maximum Gasteiger partial charge on any atom is 0.243 e. The van der Waals surface area contributed by atoms with E-state index in [1.807, 2.05) is 34.6 Å². The molecule has 9 nitrogen and oxygen atoms in total. The third-order valence-electron chi connectivity index (χ3n) is 10.1. The van der Waals surface area contributed by atoms with Crippen molar-refractivity contribution in [1.82, 2.24) is 12.9 Å². The maximum absolute atomic E-state index is 14.4. The van der Waals surface area contributed by atoms with E-state index in [1.165, 1.54) is 8.61 Å². The zero-order valence-corrected chi connectivity index (χ0v) is 30.8. The zero-order valence-electron chi connectivity index (χ0n) is 28.3. The number of rotatable bonds is 8. The van der Waals surface area contributed by atoms with E-state index in [0.717, 1.165) is 50.1 Å². The van der Waals surface area contributed by atoms with Crippen LogP contribution in [0.2, 0.25) is 0 Å². The van der Waals surface area contributed by atoms with Crippen molar-refractivity contribution in [3.63, 3.8) is 0 Å². The summed E-state index contributed by atoms with van der Waals surface area (Å²) in [5.74, 6) is 0.128. The van der Waals surface area contributed by atoms with E-state index in [9.17, 15) is 25.3 Å². The van der Waals surface area contributed by atoms with E-state index in [0.29, 0.717) is 6.42 Å². The van der Waals surface area contributed by atoms with Crippen molar-refractivity contribution in [3.05, 3.63) is 123 Å². The van der Waals surface area contributed by atoms with Crippen molar-refractivity contribution in [3.8, 4) is 0 Å². The van der Waals surface area contributed by atoms with Crippen LogP contribution >= 0.6 is 0 Å². The predicted octanol–water partition coefficient (Wildman–Crippen LogP) is 6.31. The first-order chi connectivity index (χ1) is 23.1. The van der Waals surface area contributed by atoms with E-state index in [-0.39, 0.29) is 53.3 Å². The zero-order chi connectivity index (χ0) is 35.0. The standard InChI is InChI=1S/C37H41N3O6S3/c1-24(2)18-36-37-34-22-39(48(43,44)29-14-8-26(4)9-15-29)20-32(34)31-19-38(47(41,42)28-12-6-25(3)7-13-28)21-33(31)35(37)23-40(36)49(45,46)30-16-10-27(5)11-17-30/h6-17,24,36H,18-23H2,1-5H3. The Bertz CT molecular complexity index is 2260. The van der Waals surface area contributed by atoms with Crippen molar-refractivity contribution in [1.29, 1.82) is 0 Å². The third kappa shape index (κ3) is 5.76. The van der Waals surface area contributed by atoms with Gasteiger partial charge in [-0.2, -0.15) is 12.9 Å². The molecule has 1 atom stereocenters. The lowest BCUT2D eigenvalue weighted by molar-refractivity contribution is 0.305. The van der Waals surface area contributed by atoms with Gasteiger partial charge in [-0.1, -0.05) is 66.9 Å². The molecular weight excluding hydrogens is 679 g/mol. The number of aryl methyl sites for hydroxylation is 3. The Morgan fingerprint density at radius 3 is 1.22 bits per heavy atom. The molecule has 0 spiro atoms. The fourth-order valence-corrected chi connectivity index (χ4v) is 11.8. The van der Waals surface area contributed by atoms with Gasteiger partial charge in [0.15, 0.2) is 0 Å². The lowest BCUT2D eigenvalue weighted by atomic mass is 9.86. The van der Waals surface area contributed by atoms with Crippen LogP contribution in [0.5, 0.6) is 0 Å². The number of benzene rings is 4. The van der Waals surface area contributed by atoms with Gasteiger partial charge in [0.2, 0.25) is 30.1 Å². The smallest absolute Gasteiger partial charge is 0.207 e. The summed E-state index contributed by atoms with van der Waals surface area (Å²) in [6.07, 6.45) is 0.527. The van der Waals surface area contributed by atoms with Gasteiger partial charge in [-0.05, 0) is 103 Å². The van der Waals surface area contributed by atoms with Crippen LogP contribution in [0.15, 0.2) is 87.5 Å². The highest BCUT2D eigenvalue weighted by Crippen LogP contribution is 2.51. The third-order valence-corrected chi connectivity index (χ3v) is 15.6. The van der Waals surface area contributed by atoms with Crippen LogP contribution in [0.25, 0.3) is 0 Å². The van der Waals surface area contributed by atoms with Crippen molar-refractivity contribution >= 4 is 30.1 Å². The molecule has 258 valence electrons. The number of hydrogen-bond acceptors (Lipinski definition) is 6. The number of sulfonamides is 3. The quantitative estimate of drug-likeness (QED) is 0.211. The molecule has 0 radical (unpaired) electrons. The van der Waals surface area contributed by atoms with E-state index < -0.39 is 36.1 Å². The minimum absolute atomic E-state index is 0.0820. The van der Waals surface area contributed by atoms with Crippen LogP contribution in [0, 0.1) is 26.7 Å². The second-order valence-corrected chi connectivity index (χ2v) is 19.8. The van der Waals surface area contributed by atoms with Gasteiger partial charge >= 0.3 is 0 Å². The molecule has 0 amide bonds. The monoisotopic (exact) mass is 719 g/mol. The Balaban J connectivity index is 1.38. The van der Waals surface area contributed by atoms with Gasteiger partial charge in [0.1, 0.15) is 0 Å². The van der Waals surface area contributed by atoms with Crippen LogP contribution in [0.3, 0.4) is 0 Å². The molecule has 3 heterocycles. The van der Waals surface area contributed by atoms with Gasteiger partial charge < -0.3 is 0 Å². The van der Waals surface area contributed by atoms with Crippen molar-refractivity contribution < 1.29 is 25.3 Å². The highest BCUT2D eigenvalue weighted by Gasteiger charge is 2.48. The summed E-state index contributed by atoms with van der Waals surface area (Å²) < 4.78 is 89.4. The fourth-order valence-electron chi connectivity index (χ4n) is 7.46. The van der Waals surface area contributed by atoms with Gasteiger partial charge in [0.05, 0.1) is 20.7 Å². The van der Waals surface area contributed by atoms with Crippen LogP contribution in [-0.4, -0.2) is 38.2 Å². The Morgan fingerprint density at radius 2 is 0.837 bits per heavy atom. The lowest BCUT2D eigenvalue weighted by Gasteiger charge is -2.27. The second-order valence-electron chi connectivity index (χ2n) is 14.0. The molecule has 0 saturated heterocycles. The Morgan fingerprint density at radius 1 is 0.510 bits per heavy atom. The summed E-state index contributed by atoms with van der Waals surface area (Å²) in [6, 6.07) is 19.8. The molecule has 3 aliphatic rings. The van der Waals surface area contributed by atoms with Crippen LogP contribution < -0.4 is 0 Å².